The molecule has 3 N–H and O–H groups in total. The topological polar surface area (TPSA) is 167 Å². The normalized spacial score (nSPS) is 14.6. The fourth-order valence-corrected chi connectivity index (χ4v) is 2.93. The maximum Gasteiger partial charge on any atom is 0.510 e. The highest BCUT2D eigenvalue weighted by Gasteiger charge is 2.23. The van der Waals surface area contributed by atoms with Crippen LogP contribution in [0.3, 0.4) is 0 Å². The fraction of sp³-hybridized carbons (Fsp3) is 0.600. The Morgan fingerprint density at radius 1 is 1.31 bits per heavy atom. The van der Waals surface area contributed by atoms with E-state index in [0.717, 1.165) is 0 Å². The molecule has 2 heterocycles. The molecule has 0 spiro atoms. The molecule has 0 aliphatic heterocycles. The Labute approximate surface area is 166 Å². The summed E-state index contributed by atoms with van der Waals surface area (Å²) < 4.78 is 32.9. The summed E-state index contributed by atoms with van der Waals surface area (Å²) in [6.07, 6.45) is 0.364. The van der Waals surface area contributed by atoms with Crippen LogP contribution in [-0.4, -0.2) is 67.8 Å². The second kappa shape index (κ2) is 10.5. The van der Waals surface area contributed by atoms with Crippen molar-refractivity contribution in [3.63, 3.8) is 0 Å². The molecule has 13 nitrogen and oxygen atoms in total. The van der Waals surface area contributed by atoms with E-state index in [1.54, 1.807) is 25.3 Å². The zero-order valence-electron chi connectivity index (χ0n) is 16.2. The third kappa shape index (κ3) is 7.22. The van der Waals surface area contributed by atoms with Gasteiger partial charge in [0.25, 0.3) is 0 Å². The summed E-state index contributed by atoms with van der Waals surface area (Å²) in [4.78, 5) is 33.3. The summed E-state index contributed by atoms with van der Waals surface area (Å²) in [5.41, 5.74) is 0.974. The van der Waals surface area contributed by atoms with Crippen LogP contribution in [0.4, 0.5) is 10.6 Å². The van der Waals surface area contributed by atoms with Gasteiger partial charge in [-0.25, -0.2) is 19.7 Å². The van der Waals surface area contributed by atoms with E-state index in [9.17, 15) is 14.3 Å². The third-order valence-electron chi connectivity index (χ3n) is 3.39. The van der Waals surface area contributed by atoms with Gasteiger partial charge in [-0.1, -0.05) is 0 Å². The lowest BCUT2D eigenvalue weighted by atomic mass is 10.4. The van der Waals surface area contributed by atoms with E-state index >= 15 is 0 Å². The van der Waals surface area contributed by atoms with Crippen LogP contribution in [0, 0.1) is 0 Å². The predicted octanol–water partition coefficient (Wildman–Crippen LogP) is 1.27. The second-order valence-corrected chi connectivity index (χ2v) is 7.97. The molecule has 0 fully saturated rings. The highest BCUT2D eigenvalue weighted by atomic mass is 31.2. The second-order valence-electron chi connectivity index (χ2n) is 6.18. The van der Waals surface area contributed by atoms with Gasteiger partial charge in [0.2, 0.25) is 6.79 Å². The molecule has 2 aromatic heterocycles. The van der Waals surface area contributed by atoms with Crippen molar-refractivity contribution in [1.82, 2.24) is 19.5 Å². The molecule has 29 heavy (non-hydrogen) atoms. The van der Waals surface area contributed by atoms with Crippen LogP contribution in [0.15, 0.2) is 12.7 Å². The van der Waals surface area contributed by atoms with E-state index in [1.807, 2.05) is 0 Å². The maximum absolute atomic E-state index is 12.0. The van der Waals surface area contributed by atoms with Crippen LogP contribution in [-0.2, 0) is 29.8 Å². The molecule has 0 amide bonds. The summed E-state index contributed by atoms with van der Waals surface area (Å²) >= 11 is 0. The van der Waals surface area contributed by atoms with Crippen molar-refractivity contribution in [2.75, 3.05) is 25.2 Å². The molecule has 2 atom stereocenters. The van der Waals surface area contributed by atoms with E-state index < -0.39 is 33.0 Å². The lowest BCUT2D eigenvalue weighted by Crippen LogP contribution is -2.18. The van der Waals surface area contributed by atoms with Crippen molar-refractivity contribution in [2.24, 2.45) is 0 Å². The maximum atomic E-state index is 12.0. The number of carbonyl (C=O) groups excluding carboxylic acids is 1. The van der Waals surface area contributed by atoms with Crippen molar-refractivity contribution in [3.8, 4) is 0 Å². The minimum atomic E-state index is -4.14. The first-order valence-corrected chi connectivity index (χ1v) is 10.4. The molecule has 0 saturated carbocycles. The smallest absolute Gasteiger partial charge is 0.432 e. The fourth-order valence-electron chi connectivity index (χ4n) is 2.19. The number of hydrogen-bond donors (Lipinski definition) is 3. The molecule has 0 bridgehead atoms. The SMILES string of the molecule is CC(C)OC(=O)OCOP(=O)(O)CO[C@H](C)Cn1cnc2c(NCO)ncnc21. The average molecular weight is 433 g/mol. The van der Waals surface area contributed by atoms with Crippen LogP contribution in [0.1, 0.15) is 20.8 Å². The van der Waals surface area contributed by atoms with E-state index in [4.69, 9.17) is 14.6 Å². The first kappa shape index (κ1) is 23.0. The van der Waals surface area contributed by atoms with Gasteiger partial charge in [-0.2, -0.15) is 0 Å². The quantitative estimate of drug-likeness (QED) is 0.264. The summed E-state index contributed by atoms with van der Waals surface area (Å²) in [5, 5.41) is 11.7. The van der Waals surface area contributed by atoms with E-state index in [1.165, 1.54) is 12.7 Å². The lowest BCUT2D eigenvalue weighted by molar-refractivity contribution is -0.0152. The number of aromatic nitrogens is 4. The molecule has 2 aromatic rings. The number of aliphatic hydroxyl groups excluding tert-OH is 1. The first-order chi connectivity index (χ1) is 13.7. The Balaban J connectivity index is 1.84. The number of hydrogen-bond acceptors (Lipinski definition) is 11. The van der Waals surface area contributed by atoms with Gasteiger partial charge in [-0.05, 0) is 20.8 Å². The molecule has 1 unspecified atom stereocenters. The van der Waals surface area contributed by atoms with E-state index in [-0.39, 0.29) is 19.4 Å². The summed E-state index contributed by atoms with van der Waals surface area (Å²) in [5.74, 6) is 0.383. The van der Waals surface area contributed by atoms with Gasteiger partial charge < -0.3 is 34.1 Å². The van der Waals surface area contributed by atoms with Crippen LogP contribution in [0.2, 0.25) is 0 Å². The molecule has 0 aromatic carbocycles. The number of nitrogens with one attached hydrogen (secondary N) is 1. The van der Waals surface area contributed by atoms with Gasteiger partial charge >= 0.3 is 13.8 Å². The van der Waals surface area contributed by atoms with Crippen molar-refractivity contribution in [1.29, 1.82) is 0 Å². The molecular weight excluding hydrogens is 409 g/mol. The van der Waals surface area contributed by atoms with Crippen molar-refractivity contribution in [2.45, 2.75) is 39.5 Å². The van der Waals surface area contributed by atoms with Crippen LogP contribution in [0.25, 0.3) is 11.2 Å². The zero-order valence-corrected chi connectivity index (χ0v) is 17.1. The summed E-state index contributed by atoms with van der Waals surface area (Å²) in [6.45, 7) is 4.20. The molecule has 2 rings (SSSR count). The number of rotatable bonds is 11. The van der Waals surface area contributed by atoms with E-state index in [2.05, 4.69) is 29.5 Å². The minimum Gasteiger partial charge on any atom is -0.432 e. The van der Waals surface area contributed by atoms with Gasteiger partial charge in [-0.15, -0.1) is 0 Å². The molecule has 162 valence electrons. The number of ether oxygens (including phenoxy) is 3. The lowest BCUT2D eigenvalue weighted by Gasteiger charge is -2.17. The van der Waals surface area contributed by atoms with Gasteiger partial charge in [0.15, 0.2) is 11.5 Å². The molecule has 14 heteroatoms. The Bertz CT molecular complexity index is 860. The Hall–Kier alpha value is -2.31. The van der Waals surface area contributed by atoms with Gasteiger partial charge in [0.05, 0.1) is 25.1 Å². The highest BCUT2D eigenvalue weighted by molar-refractivity contribution is 7.52. The molecule has 0 saturated heterocycles. The average Bonchev–Trinajstić information content (AvgIpc) is 3.03. The third-order valence-corrected chi connectivity index (χ3v) is 4.37. The van der Waals surface area contributed by atoms with Crippen molar-refractivity contribution < 1.29 is 38.1 Å². The van der Waals surface area contributed by atoms with Crippen molar-refractivity contribution in [3.05, 3.63) is 12.7 Å². The molecular formula is C15H24N5O8P. The zero-order chi connectivity index (χ0) is 21.4. The predicted molar refractivity (Wildman–Crippen MR) is 99.9 cm³/mol. The summed E-state index contributed by atoms with van der Waals surface area (Å²) in [6, 6.07) is 0. The van der Waals surface area contributed by atoms with Crippen LogP contribution >= 0.6 is 7.60 Å². The number of fused-ring (bicyclic) bond motifs is 1. The first-order valence-electron chi connectivity index (χ1n) is 8.63. The highest BCUT2D eigenvalue weighted by Crippen LogP contribution is 2.42. The number of anilines is 1. The standard InChI is InChI=1S/C15H24N5O8P/c1-10(2)28-15(22)25-8-27-29(23,24)9-26-11(3)4-20-6-18-12-13(19-7-21)16-5-17-14(12)20/h5-6,10-11,21H,4,7-9H2,1-3H3,(H,23,24)(H,16,17,19)/t11-/m1/s1. The Morgan fingerprint density at radius 2 is 2.07 bits per heavy atom. The Kier molecular flexibility index (Phi) is 8.29. The summed E-state index contributed by atoms with van der Waals surface area (Å²) in [7, 11) is -4.14. The minimum absolute atomic E-state index is 0.281. The van der Waals surface area contributed by atoms with Gasteiger partial charge in [0, 0.05) is 0 Å². The van der Waals surface area contributed by atoms with Crippen LogP contribution in [0.5, 0.6) is 0 Å². The Morgan fingerprint density at radius 3 is 2.76 bits per heavy atom. The van der Waals surface area contributed by atoms with Crippen LogP contribution < -0.4 is 5.32 Å². The van der Waals surface area contributed by atoms with Gasteiger partial charge in [0.1, 0.15) is 24.9 Å². The molecule has 0 radical (unpaired) electrons. The number of aliphatic hydroxyl groups is 1. The molecule has 0 aliphatic rings. The van der Waals surface area contributed by atoms with Crippen molar-refractivity contribution >= 4 is 30.7 Å². The number of imidazole rings is 1. The number of nitrogens with zero attached hydrogens (tertiary/aromatic N) is 4. The monoisotopic (exact) mass is 433 g/mol. The van der Waals surface area contributed by atoms with E-state index in [0.29, 0.717) is 17.0 Å². The number of carbonyl (C=O) groups is 1. The largest absolute Gasteiger partial charge is 0.510 e. The van der Waals surface area contributed by atoms with Gasteiger partial charge in [-0.3, -0.25) is 9.09 Å². The molecule has 0 aliphatic carbocycles.